The molecule has 0 bridgehead atoms. The van der Waals surface area contributed by atoms with E-state index in [1.54, 1.807) is 0 Å². The van der Waals surface area contributed by atoms with Gasteiger partial charge in [0.2, 0.25) is 6.29 Å². The van der Waals surface area contributed by atoms with Crippen LogP contribution in [0.15, 0.2) is 11.6 Å². The fraction of sp³-hybridized carbons (Fsp3) is 0.921. The smallest absolute Gasteiger partial charge is 0.315 e. The number of fused-ring (bicyclic) bond motifs is 11. The summed E-state index contributed by atoms with van der Waals surface area (Å²) in [5.41, 5.74) is -5.58. The van der Waals surface area contributed by atoms with E-state index in [4.69, 9.17) is 56.8 Å². The second kappa shape index (κ2) is 25.8. The number of cyclic esters (lactones) is 1. The minimum atomic E-state index is -2.07. The Kier molecular flexibility index (Phi) is 19.8. The lowest BCUT2D eigenvalue weighted by atomic mass is 9.33. The van der Waals surface area contributed by atoms with Gasteiger partial charge in [-0.1, -0.05) is 53.2 Å². The van der Waals surface area contributed by atoms with Crippen molar-refractivity contribution in [2.75, 3.05) is 33.0 Å². The zero-order valence-electron chi connectivity index (χ0n) is 53.4. The van der Waals surface area contributed by atoms with E-state index in [1.807, 2.05) is 6.92 Å². The molecule has 4 saturated carbocycles. The van der Waals surface area contributed by atoms with E-state index >= 15 is 4.79 Å². The predicted molar refractivity (Wildman–Crippen MR) is 306 cm³/mol. The van der Waals surface area contributed by atoms with Crippen molar-refractivity contribution < 1.29 is 143 Å². The van der Waals surface area contributed by atoms with Gasteiger partial charge in [0.25, 0.3) is 0 Å². The van der Waals surface area contributed by atoms with Crippen LogP contribution in [0.2, 0.25) is 0 Å². The number of aliphatic hydroxyl groups excluding tert-OH is 13. The molecule has 11 aliphatic rings. The monoisotopic (exact) mass is 1320 g/mol. The van der Waals surface area contributed by atoms with Crippen LogP contribution in [0.1, 0.15) is 126 Å². The highest BCUT2D eigenvalue weighted by molar-refractivity contribution is 5.79. The number of carbonyl (C=O) groups is 3. The summed E-state index contributed by atoms with van der Waals surface area (Å²) >= 11 is 0. The number of aliphatic hydroxyl groups is 14. The third-order valence-corrected chi connectivity index (χ3v) is 23.9. The summed E-state index contributed by atoms with van der Waals surface area (Å²) in [6.07, 6.45) is -34.3. The van der Waals surface area contributed by atoms with Crippen molar-refractivity contribution in [3.8, 4) is 0 Å². The van der Waals surface area contributed by atoms with Gasteiger partial charge in [-0.3, -0.25) is 14.4 Å². The third kappa shape index (κ3) is 12.2. The number of allylic oxidation sites excluding steroid dienone is 2. The summed E-state index contributed by atoms with van der Waals surface area (Å²) in [5, 5.41) is 156. The van der Waals surface area contributed by atoms with Crippen LogP contribution in [0.4, 0.5) is 0 Å². The van der Waals surface area contributed by atoms with Crippen molar-refractivity contribution >= 4 is 17.9 Å². The fourth-order valence-electron chi connectivity index (χ4n) is 18.5. The number of hydrogen-bond donors (Lipinski definition) is 14. The van der Waals surface area contributed by atoms with E-state index in [0.29, 0.717) is 51.4 Å². The van der Waals surface area contributed by atoms with Crippen molar-refractivity contribution in [2.45, 2.75) is 279 Å². The number of carbonyl (C=O) groups excluding carboxylic acids is 3. The van der Waals surface area contributed by atoms with E-state index in [-0.39, 0.29) is 30.3 Å². The van der Waals surface area contributed by atoms with Crippen molar-refractivity contribution in [3.05, 3.63) is 11.6 Å². The molecule has 0 aromatic heterocycles. The van der Waals surface area contributed by atoms with Crippen LogP contribution in [0.25, 0.3) is 0 Å². The first-order valence-corrected chi connectivity index (χ1v) is 32.6. The molecule has 29 heteroatoms. The molecule has 5 aliphatic carbocycles. The highest BCUT2D eigenvalue weighted by atomic mass is 16.8. The second-order valence-electron chi connectivity index (χ2n) is 30.5. The average molecular weight is 1320 g/mol. The first kappa shape index (κ1) is 70.5. The van der Waals surface area contributed by atoms with Crippen molar-refractivity contribution in [2.24, 2.45) is 50.2 Å². The lowest BCUT2D eigenvalue weighted by Gasteiger charge is -2.72. The summed E-state index contributed by atoms with van der Waals surface area (Å²) < 4.78 is 72.2. The van der Waals surface area contributed by atoms with Crippen LogP contribution in [0, 0.1) is 50.2 Å². The van der Waals surface area contributed by atoms with Gasteiger partial charge >= 0.3 is 17.9 Å². The molecular formula is C63H98O29. The molecule has 0 aromatic rings. The molecule has 33 atom stereocenters. The number of ether oxygens (including phenoxy) is 12. The molecule has 14 N–H and O–H groups in total. The molecule has 0 aromatic carbocycles. The average Bonchev–Trinajstić information content (AvgIpc) is 0.674. The van der Waals surface area contributed by atoms with E-state index in [0.717, 1.165) is 5.57 Å². The first-order valence-electron chi connectivity index (χ1n) is 32.6. The van der Waals surface area contributed by atoms with Gasteiger partial charge in [-0.15, -0.1) is 0 Å². The lowest BCUT2D eigenvalue weighted by molar-refractivity contribution is -0.378. The maximum Gasteiger partial charge on any atom is 0.315 e. The molecule has 92 heavy (non-hydrogen) atoms. The molecular weight excluding hydrogens is 1220 g/mol. The van der Waals surface area contributed by atoms with Gasteiger partial charge in [0.1, 0.15) is 85.5 Å². The van der Waals surface area contributed by atoms with Crippen LogP contribution in [0.3, 0.4) is 0 Å². The van der Waals surface area contributed by atoms with Crippen LogP contribution >= 0.6 is 0 Å². The van der Waals surface area contributed by atoms with Crippen molar-refractivity contribution in [1.29, 1.82) is 0 Å². The normalized spacial score (nSPS) is 54.2. The Morgan fingerprint density at radius 2 is 1.23 bits per heavy atom. The lowest BCUT2D eigenvalue weighted by Crippen LogP contribution is -2.70. The Morgan fingerprint density at radius 3 is 1.93 bits per heavy atom. The van der Waals surface area contributed by atoms with Gasteiger partial charge < -0.3 is 128 Å². The van der Waals surface area contributed by atoms with Gasteiger partial charge in [-0.05, 0) is 111 Å². The molecule has 6 heterocycles. The van der Waals surface area contributed by atoms with Crippen LogP contribution in [-0.4, -0.2) is 275 Å². The Labute approximate surface area is 533 Å². The Bertz CT molecular complexity index is 2700. The standard InChI is InChI=1S/C63H98O29/c1-26-38(71)46(88-51-44(77)39(72)30(66)22-81-51)45(78)52(85-26)89-48-41(74)32(68)24-83-54(48)92-56(79)63-15-13-57(2,3)17-28(63)27-9-10-35-59(5)18-29(65)50-60(6,34(59)11-12-62(35,8)61(27,7)14-16-63)25-84-36(69)19-58(4,80)20-37(70)87-47-40(73)31(67)23-82-53(47)90-49-43(76)42(75)33(21-64)86-55(49)91-50/h9,26,28-35,38-55,64-68,71-78,80H,10-25H2,1-8H3/t26-,28-,29-,30+,31-,32-,33+,34+,35+,38-,39-,40-,41-,42+,43-,44+,45+,46+,47+,48+,49+,50-,51?,52?,53-,54-,55-,58?,59-,60-,61+,62+,63-/m0/s1. The molecule has 524 valence electrons. The quantitative estimate of drug-likeness (QED) is 0.0535. The van der Waals surface area contributed by atoms with Crippen LogP contribution < -0.4 is 0 Å². The van der Waals surface area contributed by atoms with Gasteiger partial charge in [-0.25, -0.2) is 0 Å². The van der Waals surface area contributed by atoms with Crippen molar-refractivity contribution in [1.82, 2.24) is 0 Å². The summed E-state index contributed by atoms with van der Waals surface area (Å²) in [4.78, 5) is 43.1. The Morgan fingerprint density at radius 1 is 0.587 bits per heavy atom. The van der Waals surface area contributed by atoms with E-state index in [2.05, 4.69) is 40.7 Å². The summed E-state index contributed by atoms with van der Waals surface area (Å²) in [5.74, 6) is -3.64. The summed E-state index contributed by atoms with van der Waals surface area (Å²) in [6.45, 7) is 12.8. The third-order valence-electron chi connectivity index (χ3n) is 23.9. The summed E-state index contributed by atoms with van der Waals surface area (Å²) in [6, 6.07) is 0. The number of rotatable bonds is 7. The first-order chi connectivity index (χ1) is 43.0. The molecule has 6 saturated heterocycles. The van der Waals surface area contributed by atoms with E-state index in [1.165, 1.54) is 13.8 Å². The molecule has 29 nitrogen and oxygen atoms in total. The zero-order valence-corrected chi connectivity index (χ0v) is 53.4. The van der Waals surface area contributed by atoms with Gasteiger partial charge in [0.15, 0.2) is 37.4 Å². The van der Waals surface area contributed by atoms with Gasteiger partial charge in [-0.2, -0.15) is 0 Å². The van der Waals surface area contributed by atoms with E-state index in [9.17, 15) is 81.1 Å². The molecule has 10 fully saturated rings. The topological polar surface area (TPSA) is 445 Å². The molecule has 11 rings (SSSR count). The maximum absolute atomic E-state index is 15.6. The van der Waals surface area contributed by atoms with Gasteiger partial charge in [0, 0.05) is 5.41 Å². The Hall–Kier alpha value is -2.77. The zero-order chi connectivity index (χ0) is 66.9. The molecule has 0 spiro atoms. The fourth-order valence-corrected chi connectivity index (χ4v) is 18.5. The largest absolute Gasteiger partial charge is 0.465 e. The number of hydrogen-bond acceptors (Lipinski definition) is 29. The van der Waals surface area contributed by atoms with E-state index < -0.39 is 243 Å². The minimum absolute atomic E-state index is 0.127. The minimum Gasteiger partial charge on any atom is -0.465 e. The molecule has 6 aliphatic heterocycles. The highest BCUT2D eigenvalue weighted by Gasteiger charge is 2.72. The SMILES string of the molecule is C[C@@H]1OC(O[C@H]2[C@H](OC(=O)[C@]34CCC(C)(C)C[C@H]3C3=CC[C@@H]5[C@@]6(C)C[C@H](O)[C@@H]7O[C@@H]8O[C@H](CO)[C@@H](O)[C@H](O)[C@H]8O[C@@H]8OC[C@H](O)[C@H](O)[C@H]8OC(=O)CC(C)(O)CC(=O)OC[C@@]7(C)[C@@H]6CC[C@@]5(C)[C@]3(C)CC4)OC[C@H](O)[C@@H]2O)[C@H](O)[C@H](OC2OC[C@@H](O)[C@H](O)[C@H]2O)[C@H]1O. The highest BCUT2D eigenvalue weighted by Crippen LogP contribution is 2.76. The molecule has 3 unspecified atom stereocenters. The molecule has 0 radical (unpaired) electrons. The van der Waals surface area contributed by atoms with Crippen molar-refractivity contribution in [3.63, 3.8) is 0 Å². The predicted octanol–water partition coefficient (Wildman–Crippen LogP) is -2.68. The van der Waals surface area contributed by atoms with Crippen LogP contribution in [-0.2, 0) is 71.2 Å². The second-order valence-corrected chi connectivity index (χ2v) is 30.5. The molecule has 0 amide bonds. The van der Waals surface area contributed by atoms with Gasteiger partial charge in [0.05, 0.1) is 75.2 Å². The van der Waals surface area contributed by atoms with Crippen LogP contribution in [0.5, 0.6) is 0 Å². The summed E-state index contributed by atoms with van der Waals surface area (Å²) in [7, 11) is 0. The number of esters is 3. The Balaban J connectivity index is 0.881. The maximum atomic E-state index is 15.6.